The van der Waals surface area contributed by atoms with Crippen LogP contribution < -0.4 is 10.6 Å². The van der Waals surface area contributed by atoms with Gasteiger partial charge in [0.15, 0.2) is 5.96 Å². The summed E-state index contributed by atoms with van der Waals surface area (Å²) in [6.45, 7) is 6.31. The molecule has 2 fully saturated rings. The molecule has 1 unspecified atom stereocenters. The Morgan fingerprint density at radius 2 is 1.96 bits per heavy atom. The Hall–Kier alpha value is -0.800. The number of aliphatic hydroxyl groups is 1. The highest BCUT2D eigenvalue weighted by Gasteiger charge is 2.31. The van der Waals surface area contributed by atoms with Gasteiger partial charge < -0.3 is 20.2 Å². The van der Waals surface area contributed by atoms with Gasteiger partial charge in [0.2, 0.25) is 0 Å². The lowest BCUT2D eigenvalue weighted by atomic mass is 10.0. The number of nitrogens with zero attached hydrogens (tertiary/aromatic N) is 2. The van der Waals surface area contributed by atoms with E-state index in [-0.39, 0.29) is 30.0 Å². The standard InChI is InChI=1S/C20H34N4O2.HI/c1-2-21-19(23-16-20(25)10-4-5-11-20)22-15-17(18-9-8-14-26-18)24-12-6-3-7-13-24;/h8-9,14,17,25H,2-7,10-13,15-16H2,1H3,(H2,21,22,23);1H. The topological polar surface area (TPSA) is 73.0 Å². The van der Waals surface area contributed by atoms with Crippen molar-refractivity contribution in [1.29, 1.82) is 0 Å². The van der Waals surface area contributed by atoms with Gasteiger partial charge in [-0.15, -0.1) is 24.0 Å². The molecular weight excluding hydrogens is 455 g/mol. The molecule has 2 heterocycles. The largest absolute Gasteiger partial charge is 0.468 e. The summed E-state index contributed by atoms with van der Waals surface area (Å²) in [5, 5.41) is 17.3. The molecule has 154 valence electrons. The van der Waals surface area contributed by atoms with E-state index < -0.39 is 5.60 Å². The Labute approximate surface area is 180 Å². The highest BCUT2D eigenvalue weighted by Crippen LogP contribution is 2.29. The average molecular weight is 490 g/mol. The maximum atomic E-state index is 10.6. The molecule has 3 N–H and O–H groups in total. The third-order valence-electron chi connectivity index (χ3n) is 5.58. The fraction of sp³-hybridized carbons (Fsp3) is 0.750. The molecule has 0 aromatic carbocycles. The number of furan rings is 1. The number of halogens is 1. The van der Waals surface area contributed by atoms with Gasteiger partial charge in [-0.2, -0.15) is 0 Å². The Balaban J connectivity index is 0.00000261. The highest BCUT2D eigenvalue weighted by molar-refractivity contribution is 14.0. The van der Waals surface area contributed by atoms with Crippen LogP contribution in [0.1, 0.15) is 63.7 Å². The number of nitrogens with one attached hydrogen (secondary N) is 2. The minimum atomic E-state index is -0.615. The molecule has 1 atom stereocenters. The second kappa shape index (κ2) is 11.3. The van der Waals surface area contributed by atoms with E-state index in [1.54, 1.807) is 6.26 Å². The van der Waals surface area contributed by atoms with Gasteiger partial charge in [-0.1, -0.05) is 19.3 Å². The Kier molecular flexibility index (Phi) is 9.38. The van der Waals surface area contributed by atoms with Gasteiger partial charge in [0.05, 0.1) is 24.5 Å². The molecule has 0 amide bonds. The number of hydrogen-bond acceptors (Lipinski definition) is 4. The smallest absolute Gasteiger partial charge is 0.191 e. The fourth-order valence-electron chi connectivity index (χ4n) is 4.07. The maximum absolute atomic E-state index is 10.6. The average Bonchev–Trinajstić information content (AvgIpc) is 3.33. The van der Waals surface area contributed by atoms with Crippen LogP contribution >= 0.6 is 24.0 Å². The third-order valence-corrected chi connectivity index (χ3v) is 5.58. The molecule has 6 nitrogen and oxygen atoms in total. The summed E-state index contributed by atoms with van der Waals surface area (Å²) in [5.41, 5.74) is -0.615. The first-order valence-corrected chi connectivity index (χ1v) is 10.2. The van der Waals surface area contributed by atoms with Gasteiger partial charge in [0.1, 0.15) is 5.76 Å². The minimum absolute atomic E-state index is 0. The van der Waals surface area contributed by atoms with Crippen molar-refractivity contribution in [2.45, 2.75) is 63.5 Å². The Morgan fingerprint density at radius 1 is 1.22 bits per heavy atom. The molecule has 1 aromatic rings. The summed E-state index contributed by atoms with van der Waals surface area (Å²) < 4.78 is 5.72. The molecule has 1 saturated carbocycles. The molecule has 1 saturated heterocycles. The molecular formula is C20H35IN4O2. The molecule has 7 heteroatoms. The summed E-state index contributed by atoms with van der Waals surface area (Å²) in [4.78, 5) is 7.16. The van der Waals surface area contributed by atoms with E-state index in [2.05, 4.69) is 33.5 Å². The van der Waals surface area contributed by atoms with Gasteiger partial charge >= 0.3 is 0 Å². The van der Waals surface area contributed by atoms with Crippen LogP contribution in [-0.2, 0) is 0 Å². The van der Waals surface area contributed by atoms with Crippen LogP contribution in [0.2, 0.25) is 0 Å². The summed E-state index contributed by atoms with van der Waals surface area (Å²) in [6, 6.07) is 4.23. The van der Waals surface area contributed by atoms with Gasteiger partial charge in [0, 0.05) is 13.1 Å². The molecule has 0 radical (unpaired) electrons. The van der Waals surface area contributed by atoms with Crippen molar-refractivity contribution < 1.29 is 9.52 Å². The maximum Gasteiger partial charge on any atom is 0.191 e. The number of likely N-dealkylation sites (tertiary alicyclic amines) is 1. The van der Waals surface area contributed by atoms with E-state index in [0.29, 0.717) is 6.54 Å². The summed E-state index contributed by atoms with van der Waals surface area (Å²) >= 11 is 0. The lowest BCUT2D eigenvalue weighted by Crippen LogP contribution is -2.45. The highest BCUT2D eigenvalue weighted by atomic mass is 127. The predicted molar refractivity (Wildman–Crippen MR) is 120 cm³/mol. The van der Waals surface area contributed by atoms with Crippen LogP contribution in [0.3, 0.4) is 0 Å². The van der Waals surface area contributed by atoms with Gasteiger partial charge in [-0.25, -0.2) is 0 Å². The number of guanidine groups is 1. The van der Waals surface area contributed by atoms with Crippen molar-refractivity contribution in [2.24, 2.45) is 4.99 Å². The lowest BCUT2D eigenvalue weighted by Gasteiger charge is -2.33. The van der Waals surface area contributed by atoms with E-state index in [4.69, 9.17) is 4.42 Å². The lowest BCUT2D eigenvalue weighted by molar-refractivity contribution is 0.0574. The van der Waals surface area contributed by atoms with E-state index in [0.717, 1.165) is 63.6 Å². The van der Waals surface area contributed by atoms with E-state index in [9.17, 15) is 5.11 Å². The normalized spacial score (nSPS) is 21.5. The molecule has 1 aliphatic heterocycles. The summed E-state index contributed by atoms with van der Waals surface area (Å²) in [6.07, 6.45) is 9.49. The van der Waals surface area contributed by atoms with E-state index in [1.807, 2.05) is 6.07 Å². The van der Waals surface area contributed by atoms with Gasteiger partial charge in [-0.05, 0) is 57.8 Å². The van der Waals surface area contributed by atoms with Crippen molar-refractivity contribution in [2.75, 3.05) is 32.7 Å². The van der Waals surface area contributed by atoms with E-state index >= 15 is 0 Å². The van der Waals surface area contributed by atoms with Crippen molar-refractivity contribution in [3.63, 3.8) is 0 Å². The molecule has 0 bridgehead atoms. The van der Waals surface area contributed by atoms with E-state index in [1.165, 1.54) is 19.3 Å². The second-order valence-corrected chi connectivity index (χ2v) is 7.64. The molecule has 2 aliphatic rings. The van der Waals surface area contributed by atoms with Crippen molar-refractivity contribution in [3.05, 3.63) is 24.2 Å². The molecule has 3 rings (SSSR count). The Morgan fingerprint density at radius 3 is 2.59 bits per heavy atom. The molecule has 1 aliphatic carbocycles. The molecule has 1 aromatic heterocycles. The van der Waals surface area contributed by atoms with Crippen LogP contribution in [0, 0.1) is 0 Å². The van der Waals surface area contributed by atoms with Crippen LogP contribution in [0.15, 0.2) is 27.8 Å². The van der Waals surface area contributed by atoms with Crippen LogP contribution in [-0.4, -0.2) is 54.3 Å². The van der Waals surface area contributed by atoms with Crippen LogP contribution in [0.5, 0.6) is 0 Å². The van der Waals surface area contributed by atoms with Gasteiger partial charge in [0.25, 0.3) is 0 Å². The zero-order chi connectivity index (χ0) is 18.2. The minimum Gasteiger partial charge on any atom is -0.468 e. The number of hydrogen-bond donors (Lipinski definition) is 3. The van der Waals surface area contributed by atoms with Crippen molar-refractivity contribution in [3.8, 4) is 0 Å². The first-order valence-electron chi connectivity index (χ1n) is 10.2. The number of aliphatic imine (C=N–C) groups is 1. The van der Waals surface area contributed by atoms with Crippen LogP contribution in [0.4, 0.5) is 0 Å². The zero-order valence-corrected chi connectivity index (χ0v) is 18.8. The quantitative estimate of drug-likeness (QED) is 0.311. The third kappa shape index (κ3) is 6.64. The van der Waals surface area contributed by atoms with Crippen LogP contribution in [0.25, 0.3) is 0 Å². The molecule has 0 spiro atoms. The summed E-state index contributed by atoms with van der Waals surface area (Å²) in [5.74, 6) is 1.78. The first kappa shape index (κ1) is 22.5. The summed E-state index contributed by atoms with van der Waals surface area (Å²) in [7, 11) is 0. The number of rotatable bonds is 7. The number of piperidine rings is 1. The van der Waals surface area contributed by atoms with Gasteiger partial charge in [-0.3, -0.25) is 9.89 Å². The first-order chi connectivity index (χ1) is 12.7. The fourth-order valence-corrected chi connectivity index (χ4v) is 4.07. The SMILES string of the molecule is CCNC(=NCC1(O)CCCC1)NCC(c1ccco1)N1CCCCC1.I. The second-order valence-electron chi connectivity index (χ2n) is 7.64. The molecule has 27 heavy (non-hydrogen) atoms. The zero-order valence-electron chi connectivity index (χ0n) is 16.5. The monoisotopic (exact) mass is 490 g/mol. The van der Waals surface area contributed by atoms with Crippen molar-refractivity contribution in [1.82, 2.24) is 15.5 Å². The Bertz CT molecular complexity index is 552. The van der Waals surface area contributed by atoms with Crippen molar-refractivity contribution >= 4 is 29.9 Å². The predicted octanol–water partition coefficient (Wildman–Crippen LogP) is 3.28.